The highest BCUT2D eigenvalue weighted by Gasteiger charge is 2.55. The fraction of sp³-hybridized carbons (Fsp3) is 0.0909. The normalized spacial score (nSPS) is 13.0. The molecule has 2 aromatic heterocycles. The summed E-state index contributed by atoms with van der Waals surface area (Å²) in [6.07, 6.45) is 0. The second-order valence-corrected chi connectivity index (χ2v) is 16.2. The topological polar surface area (TPSA) is 58.5 Å². The molecule has 6 heteroatoms. The Morgan fingerprint density at radius 3 is 1.20 bits per heavy atom. The van der Waals surface area contributed by atoms with Gasteiger partial charge in [-0.05, 0) is 107 Å². The molecule has 61 heavy (non-hydrogen) atoms. The molecule has 0 atom stereocenters. The van der Waals surface area contributed by atoms with Crippen LogP contribution in [0.15, 0.2) is 179 Å². The molecule has 0 aliphatic heterocycles. The third-order valence-electron chi connectivity index (χ3n) is 12.7. The third kappa shape index (κ3) is 4.90. The number of nitrogens with zero attached hydrogens (tertiary/aromatic N) is 4. The van der Waals surface area contributed by atoms with Gasteiger partial charge < -0.3 is 18.6 Å². The van der Waals surface area contributed by atoms with E-state index in [1.165, 1.54) is 22.3 Å². The smallest absolute Gasteiger partial charge is 0.192 e. The van der Waals surface area contributed by atoms with Crippen molar-refractivity contribution >= 4 is 56.3 Å². The lowest BCUT2D eigenvalue weighted by atomic mass is 9.70. The number of aromatic nitrogens is 2. The summed E-state index contributed by atoms with van der Waals surface area (Å²) in [7, 11) is 0. The Balaban J connectivity index is 1.28. The lowest BCUT2D eigenvalue weighted by molar-refractivity contribution is 0.558. The van der Waals surface area contributed by atoms with Crippen molar-refractivity contribution in [3.8, 4) is 22.3 Å². The Morgan fingerprint density at radius 2 is 0.770 bits per heavy atom. The average molecular weight is 789 g/mol. The largest absolute Gasteiger partial charge is 0.440 e. The van der Waals surface area contributed by atoms with Crippen LogP contribution in [-0.4, -0.2) is 9.97 Å². The summed E-state index contributed by atoms with van der Waals surface area (Å²) >= 11 is 0. The van der Waals surface area contributed by atoms with Gasteiger partial charge in [0.25, 0.3) is 0 Å². The van der Waals surface area contributed by atoms with Gasteiger partial charge in [-0.2, -0.15) is 0 Å². The molecular weight excluding hydrogens is 749 g/mol. The van der Waals surface area contributed by atoms with Gasteiger partial charge in [-0.3, -0.25) is 0 Å². The molecule has 0 N–H and O–H groups in total. The first-order chi connectivity index (χ1) is 29.9. The molecule has 0 amide bonds. The highest BCUT2D eigenvalue weighted by Crippen LogP contribution is 2.67. The molecule has 1 spiro atoms. The molecule has 12 rings (SSSR count). The van der Waals surface area contributed by atoms with Gasteiger partial charge in [0.05, 0.1) is 16.8 Å². The van der Waals surface area contributed by atoms with E-state index in [2.05, 4.69) is 194 Å². The fourth-order valence-corrected chi connectivity index (χ4v) is 10.3. The molecule has 2 aliphatic rings. The summed E-state index contributed by atoms with van der Waals surface area (Å²) in [5.41, 5.74) is 19.6. The first kappa shape index (κ1) is 35.3. The fourth-order valence-electron chi connectivity index (χ4n) is 10.3. The zero-order valence-electron chi connectivity index (χ0n) is 34.3. The summed E-state index contributed by atoms with van der Waals surface area (Å²) in [5.74, 6) is 1.18. The Morgan fingerprint density at radius 1 is 0.393 bits per heavy atom. The van der Waals surface area contributed by atoms with Crippen LogP contribution in [0.2, 0.25) is 0 Å². The predicted octanol–water partition coefficient (Wildman–Crippen LogP) is 14.5. The summed E-state index contributed by atoms with van der Waals surface area (Å²) in [4.78, 5) is 15.1. The highest BCUT2D eigenvalue weighted by molar-refractivity contribution is 6.15. The second-order valence-electron chi connectivity index (χ2n) is 16.2. The maximum Gasteiger partial charge on any atom is 0.192 e. The Hall–Kier alpha value is -7.70. The first-order valence-electron chi connectivity index (χ1n) is 20.8. The van der Waals surface area contributed by atoms with E-state index in [9.17, 15) is 0 Å². The van der Waals surface area contributed by atoms with Gasteiger partial charge in [-0.1, -0.05) is 121 Å². The minimum atomic E-state index is -0.771. The molecule has 0 bridgehead atoms. The van der Waals surface area contributed by atoms with Crippen molar-refractivity contribution in [2.24, 2.45) is 0 Å². The maximum atomic E-state index is 6.92. The monoisotopic (exact) mass is 788 g/mol. The predicted molar refractivity (Wildman–Crippen MR) is 246 cm³/mol. The quantitative estimate of drug-likeness (QED) is 0.167. The van der Waals surface area contributed by atoms with Crippen LogP contribution in [-0.2, 0) is 5.41 Å². The van der Waals surface area contributed by atoms with Gasteiger partial charge in [-0.25, -0.2) is 9.97 Å². The number of aryl methyl sites for hydroxylation is 4. The molecule has 292 valence electrons. The number of hydrogen-bond acceptors (Lipinski definition) is 6. The van der Waals surface area contributed by atoms with E-state index in [0.717, 1.165) is 89.7 Å². The molecule has 2 aliphatic carbocycles. The maximum absolute atomic E-state index is 6.92. The van der Waals surface area contributed by atoms with E-state index in [-0.39, 0.29) is 0 Å². The number of oxazole rings is 2. The third-order valence-corrected chi connectivity index (χ3v) is 12.7. The van der Waals surface area contributed by atoms with E-state index in [4.69, 9.17) is 18.8 Å². The molecule has 2 heterocycles. The van der Waals surface area contributed by atoms with E-state index in [1.54, 1.807) is 0 Å². The van der Waals surface area contributed by atoms with Crippen molar-refractivity contribution in [3.63, 3.8) is 0 Å². The highest BCUT2D eigenvalue weighted by atomic mass is 16.4. The second kappa shape index (κ2) is 13.2. The summed E-state index contributed by atoms with van der Waals surface area (Å²) in [6.45, 7) is 8.23. The van der Waals surface area contributed by atoms with Crippen LogP contribution in [0.4, 0.5) is 34.1 Å². The lowest BCUT2D eigenvalue weighted by Crippen LogP contribution is -2.27. The number of anilines is 6. The van der Waals surface area contributed by atoms with Crippen LogP contribution >= 0.6 is 0 Å². The van der Waals surface area contributed by atoms with Crippen LogP contribution < -0.4 is 9.80 Å². The molecular formula is C55H40N4O2. The SMILES string of the molecule is Cc1nc2c(N(c3ccccc3)c3ccccc3C)cc3c(c2o1)-c1c(cc(N(c2ccccc2)c2ccccc2C)c2nc(C)oc12)C31c2ccccc2-c2ccccc21. The van der Waals surface area contributed by atoms with Gasteiger partial charge in [0.1, 0.15) is 11.0 Å². The van der Waals surface area contributed by atoms with Crippen LogP contribution in [0, 0.1) is 27.7 Å². The van der Waals surface area contributed by atoms with E-state index < -0.39 is 5.41 Å². The van der Waals surface area contributed by atoms with Crippen molar-refractivity contribution < 1.29 is 8.83 Å². The summed E-state index contributed by atoms with van der Waals surface area (Å²) < 4.78 is 13.8. The molecule has 10 aromatic rings. The van der Waals surface area contributed by atoms with Gasteiger partial charge in [-0.15, -0.1) is 0 Å². The molecule has 0 saturated carbocycles. The molecule has 6 nitrogen and oxygen atoms in total. The number of para-hydroxylation sites is 4. The Bertz CT molecular complexity index is 3160. The van der Waals surface area contributed by atoms with Crippen LogP contribution in [0.3, 0.4) is 0 Å². The van der Waals surface area contributed by atoms with E-state index >= 15 is 0 Å². The van der Waals surface area contributed by atoms with Crippen LogP contribution in [0.25, 0.3) is 44.5 Å². The molecule has 8 aromatic carbocycles. The van der Waals surface area contributed by atoms with Crippen molar-refractivity contribution in [1.82, 2.24) is 9.97 Å². The van der Waals surface area contributed by atoms with Crippen molar-refractivity contribution in [2.45, 2.75) is 33.1 Å². The van der Waals surface area contributed by atoms with Gasteiger partial charge in [0.15, 0.2) is 22.9 Å². The summed E-state index contributed by atoms with van der Waals surface area (Å²) in [5, 5.41) is 0. The first-order valence-corrected chi connectivity index (χ1v) is 20.8. The van der Waals surface area contributed by atoms with E-state index in [1.807, 2.05) is 13.8 Å². The van der Waals surface area contributed by atoms with Crippen molar-refractivity contribution in [3.05, 3.63) is 215 Å². The van der Waals surface area contributed by atoms with Crippen LogP contribution in [0.5, 0.6) is 0 Å². The van der Waals surface area contributed by atoms with Crippen molar-refractivity contribution in [2.75, 3.05) is 9.80 Å². The van der Waals surface area contributed by atoms with Crippen LogP contribution in [0.1, 0.15) is 45.2 Å². The zero-order chi connectivity index (χ0) is 41.0. The molecule has 0 fully saturated rings. The zero-order valence-corrected chi connectivity index (χ0v) is 34.3. The lowest BCUT2D eigenvalue weighted by Gasteiger charge is -2.33. The summed E-state index contributed by atoms with van der Waals surface area (Å²) in [6, 6.07) is 60.9. The minimum absolute atomic E-state index is 0.591. The number of hydrogen-bond donors (Lipinski definition) is 0. The molecule has 0 unspecified atom stereocenters. The molecule has 0 radical (unpaired) electrons. The Kier molecular flexibility index (Phi) is 7.60. The van der Waals surface area contributed by atoms with Gasteiger partial charge >= 0.3 is 0 Å². The minimum Gasteiger partial charge on any atom is -0.440 e. The number of fused-ring (bicyclic) bond motifs is 14. The van der Waals surface area contributed by atoms with Gasteiger partial charge in [0.2, 0.25) is 0 Å². The average Bonchev–Trinajstić information content (AvgIpc) is 4.03. The van der Waals surface area contributed by atoms with Gasteiger partial charge in [0, 0.05) is 47.7 Å². The Labute approximate surface area is 354 Å². The van der Waals surface area contributed by atoms with E-state index in [0.29, 0.717) is 11.8 Å². The van der Waals surface area contributed by atoms with Crippen molar-refractivity contribution in [1.29, 1.82) is 0 Å². The number of benzene rings is 8. The standard InChI is InChI=1S/C55H40N4O2/c1-33-19-11-17-29-45(33)58(37-21-7-5-8-22-37)47-31-43-49(53-51(47)56-35(3)60-53)50-44(55(43)41-27-15-13-25-39(41)40-26-14-16-28-42(40)55)32-48(52-54(50)61-36(4)57-52)59(38-23-9-6-10-24-38)46-30-18-12-20-34(46)2/h5-32H,1-4H3. The number of rotatable bonds is 6. The molecule has 0 saturated heterocycles.